The van der Waals surface area contributed by atoms with E-state index in [4.69, 9.17) is 4.42 Å². The fourth-order valence-electron chi connectivity index (χ4n) is 2.26. The summed E-state index contributed by atoms with van der Waals surface area (Å²) in [5, 5.41) is 1.71. The van der Waals surface area contributed by atoms with E-state index in [1.165, 1.54) is 0 Å². The van der Waals surface area contributed by atoms with Crippen molar-refractivity contribution in [3.63, 3.8) is 0 Å². The molecule has 1 aromatic carbocycles. The van der Waals surface area contributed by atoms with Crippen LogP contribution in [0.3, 0.4) is 0 Å². The Balaban J connectivity index is 2.93. The van der Waals surface area contributed by atoms with Crippen molar-refractivity contribution in [2.75, 3.05) is 0 Å². The van der Waals surface area contributed by atoms with Crippen LogP contribution in [0.4, 0.5) is 0 Å². The van der Waals surface area contributed by atoms with Gasteiger partial charge in [0, 0.05) is 11.5 Å². The van der Waals surface area contributed by atoms with Gasteiger partial charge in [0.15, 0.2) is 0 Å². The maximum Gasteiger partial charge on any atom is 0.343 e. The van der Waals surface area contributed by atoms with E-state index in [9.17, 15) is 4.79 Å². The van der Waals surface area contributed by atoms with Gasteiger partial charge in [-0.05, 0) is 17.4 Å². The fourth-order valence-corrected chi connectivity index (χ4v) is 2.26. The van der Waals surface area contributed by atoms with Crippen molar-refractivity contribution in [1.82, 2.24) is 0 Å². The average Bonchev–Trinajstić information content (AvgIpc) is 2.28. The lowest BCUT2D eigenvalue weighted by atomic mass is 9.92. The lowest BCUT2D eigenvalue weighted by molar-refractivity contribution is 0.437. The molecule has 1 heterocycles. The van der Waals surface area contributed by atoms with Crippen molar-refractivity contribution in [2.24, 2.45) is 0 Å². The Bertz CT molecular complexity index is 591. The van der Waals surface area contributed by atoms with Gasteiger partial charge < -0.3 is 4.42 Å². The van der Waals surface area contributed by atoms with Crippen LogP contribution in [0.15, 0.2) is 33.5 Å². The van der Waals surface area contributed by atoms with Crippen LogP contribution in [0.2, 0.25) is 0 Å². The summed E-state index contributed by atoms with van der Waals surface area (Å²) in [5.74, 6) is 1.40. The Labute approximate surface area is 101 Å². The molecule has 0 spiro atoms. The molecule has 0 saturated heterocycles. The molecule has 90 valence electrons. The van der Waals surface area contributed by atoms with Crippen LogP contribution in [-0.4, -0.2) is 0 Å². The van der Waals surface area contributed by atoms with Crippen LogP contribution in [0.1, 0.15) is 50.9 Å². The van der Waals surface area contributed by atoms with E-state index < -0.39 is 0 Å². The Kier molecular flexibility index (Phi) is 3.05. The number of hydrogen-bond acceptors (Lipinski definition) is 2. The van der Waals surface area contributed by atoms with Gasteiger partial charge in [-0.25, -0.2) is 4.79 Å². The molecule has 0 aliphatic carbocycles. The van der Waals surface area contributed by atoms with Gasteiger partial charge in [0.25, 0.3) is 0 Å². The molecule has 0 radical (unpaired) electrons. The summed E-state index contributed by atoms with van der Waals surface area (Å²) in [6.07, 6.45) is 0. The van der Waals surface area contributed by atoms with Crippen LogP contribution in [-0.2, 0) is 0 Å². The maximum absolute atomic E-state index is 11.9. The SMILES string of the molecule is CC(C)c1oc(=O)c2ccccc2c1C(C)C. The minimum Gasteiger partial charge on any atom is -0.427 e. The molecule has 0 aliphatic rings. The first-order chi connectivity index (χ1) is 8.02. The van der Waals surface area contributed by atoms with E-state index in [0.29, 0.717) is 11.3 Å². The normalized spacial score (nSPS) is 11.6. The van der Waals surface area contributed by atoms with Gasteiger partial charge in [-0.1, -0.05) is 45.9 Å². The summed E-state index contributed by atoms with van der Waals surface area (Å²) in [7, 11) is 0. The van der Waals surface area contributed by atoms with Gasteiger partial charge in [-0.3, -0.25) is 0 Å². The molecule has 2 nitrogen and oxygen atoms in total. The Morgan fingerprint density at radius 1 is 0.941 bits per heavy atom. The zero-order valence-corrected chi connectivity index (χ0v) is 10.8. The zero-order chi connectivity index (χ0) is 12.6. The highest BCUT2D eigenvalue weighted by molar-refractivity contribution is 5.85. The zero-order valence-electron chi connectivity index (χ0n) is 10.8. The lowest BCUT2D eigenvalue weighted by Crippen LogP contribution is -2.09. The first-order valence-electron chi connectivity index (χ1n) is 6.08. The minimum absolute atomic E-state index is 0.227. The lowest BCUT2D eigenvalue weighted by Gasteiger charge is -2.16. The third-order valence-corrected chi connectivity index (χ3v) is 3.01. The van der Waals surface area contributed by atoms with Gasteiger partial charge in [0.1, 0.15) is 5.76 Å². The summed E-state index contributed by atoms with van der Waals surface area (Å²) in [6, 6.07) is 7.68. The molecule has 0 saturated carbocycles. The summed E-state index contributed by atoms with van der Waals surface area (Å²) in [5.41, 5.74) is 0.934. The molecule has 2 aromatic rings. The largest absolute Gasteiger partial charge is 0.427 e. The molecule has 0 amide bonds. The highest BCUT2D eigenvalue weighted by Gasteiger charge is 2.18. The Hall–Kier alpha value is -1.57. The van der Waals surface area contributed by atoms with Crippen molar-refractivity contribution in [3.05, 3.63) is 46.0 Å². The van der Waals surface area contributed by atoms with Gasteiger partial charge in [0.05, 0.1) is 5.39 Å². The number of rotatable bonds is 2. The van der Waals surface area contributed by atoms with E-state index >= 15 is 0 Å². The molecule has 0 unspecified atom stereocenters. The summed E-state index contributed by atoms with van der Waals surface area (Å²) in [6.45, 7) is 8.37. The molecule has 0 atom stereocenters. The number of fused-ring (bicyclic) bond motifs is 1. The van der Waals surface area contributed by atoms with Crippen LogP contribution in [0.5, 0.6) is 0 Å². The third-order valence-electron chi connectivity index (χ3n) is 3.01. The van der Waals surface area contributed by atoms with Gasteiger partial charge in [-0.2, -0.15) is 0 Å². The topological polar surface area (TPSA) is 30.2 Å². The van der Waals surface area contributed by atoms with Crippen LogP contribution in [0, 0.1) is 0 Å². The van der Waals surface area contributed by atoms with E-state index in [-0.39, 0.29) is 11.5 Å². The standard InChI is InChI=1S/C15H18O2/c1-9(2)13-11-7-5-6-8-12(11)15(16)17-14(13)10(3)4/h5-10H,1-4H3. The molecular formula is C15H18O2. The molecular weight excluding hydrogens is 212 g/mol. The Morgan fingerprint density at radius 2 is 1.53 bits per heavy atom. The second-order valence-electron chi connectivity index (χ2n) is 5.02. The summed E-state index contributed by atoms with van der Waals surface area (Å²) < 4.78 is 5.49. The molecule has 0 bridgehead atoms. The maximum atomic E-state index is 11.9. The molecule has 17 heavy (non-hydrogen) atoms. The van der Waals surface area contributed by atoms with Crippen LogP contribution in [0.25, 0.3) is 10.8 Å². The first-order valence-corrected chi connectivity index (χ1v) is 6.08. The second kappa shape index (κ2) is 4.36. The van der Waals surface area contributed by atoms with E-state index in [1.54, 1.807) is 0 Å². The molecule has 0 aliphatic heterocycles. The van der Waals surface area contributed by atoms with Crippen molar-refractivity contribution in [3.8, 4) is 0 Å². The van der Waals surface area contributed by atoms with E-state index in [2.05, 4.69) is 27.7 Å². The van der Waals surface area contributed by atoms with Crippen LogP contribution < -0.4 is 5.63 Å². The number of benzene rings is 1. The van der Waals surface area contributed by atoms with Crippen molar-refractivity contribution in [1.29, 1.82) is 0 Å². The van der Waals surface area contributed by atoms with Crippen molar-refractivity contribution >= 4 is 10.8 Å². The van der Waals surface area contributed by atoms with Crippen molar-refractivity contribution in [2.45, 2.75) is 39.5 Å². The average molecular weight is 230 g/mol. The third kappa shape index (κ3) is 1.99. The van der Waals surface area contributed by atoms with Gasteiger partial charge >= 0.3 is 5.63 Å². The number of hydrogen-bond donors (Lipinski definition) is 0. The molecule has 0 fully saturated rings. The Morgan fingerprint density at radius 3 is 2.06 bits per heavy atom. The predicted molar refractivity (Wildman–Crippen MR) is 70.7 cm³/mol. The van der Waals surface area contributed by atoms with E-state index in [0.717, 1.165) is 16.7 Å². The molecule has 2 heteroatoms. The highest BCUT2D eigenvalue weighted by atomic mass is 16.4. The smallest absolute Gasteiger partial charge is 0.343 e. The quantitative estimate of drug-likeness (QED) is 0.779. The summed E-state index contributed by atoms with van der Waals surface area (Å²) in [4.78, 5) is 11.9. The van der Waals surface area contributed by atoms with E-state index in [1.807, 2.05) is 24.3 Å². The predicted octanol–water partition coefficient (Wildman–Crippen LogP) is 4.04. The first kappa shape index (κ1) is 11.9. The summed E-state index contributed by atoms with van der Waals surface area (Å²) >= 11 is 0. The monoisotopic (exact) mass is 230 g/mol. The minimum atomic E-state index is -0.228. The van der Waals surface area contributed by atoms with Crippen molar-refractivity contribution < 1.29 is 4.42 Å². The molecule has 0 N–H and O–H groups in total. The molecule has 1 aromatic heterocycles. The van der Waals surface area contributed by atoms with Gasteiger partial charge in [0.2, 0.25) is 0 Å². The van der Waals surface area contributed by atoms with Crippen LogP contribution >= 0.6 is 0 Å². The van der Waals surface area contributed by atoms with Gasteiger partial charge in [-0.15, -0.1) is 0 Å². The highest BCUT2D eigenvalue weighted by Crippen LogP contribution is 2.30. The molecule has 2 rings (SSSR count). The fraction of sp³-hybridized carbons (Fsp3) is 0.400. The second-order valence-corrected chi connectivity index (χ2v) is 5.02.